The molecule has 0 unspecified atom stereocenters. The maximum atomic E-state index is 13.0. The predicted octanol–water partition coefficient (Wildman–Crippen LogP) is 5.28. The number of fused-ring (bicyclic) bond motifs is 1. The molecule has 4 rings (SSSR count). The lowest BCUT2D eigenvalue weighted by atomic mass is 10.2. The fourth-order valence-electron chi connectivity index (χ4n) is 3.28. The van der Waals surface area contributed by atoms with E-state index in [1.54, 1.807) is 25.3 Å². The molecule has 0 spiro atoms. The second-order valence-corrected chi connectivity index (χ2v) is 7.54. The molecule has 0 saturated heterocycles. The van der Waals surface area contributed by atoms with E-state index in [0.29, 0.717) is 29.7 Å². The van der Waals surface area contributed by atoms with E-state index in [1.165, 1.54) is 12.1 Å². The topological polar surface area (TPSA) is 59.2 Å². The lowest BCUT2D eigenvalue weighted by Gasteiger charge is -2.14. The number of methoxy groups -OCH3 is 1. The van der Waals surface area contributed by atoms with Crippen molar-refractivity contribution in [1.29, 1.82) is 0 Å². The molecule has 5 nitrogen and oxygen atoms in total. The number of halogens is 2. The van der Waals surface area contributed by atoms with Crippen LogP contribution < -0.4 is 14.8 Å². The molecule has 0 radical (unpaired) electrons. The van der Waals surface area contributed by atoms with Gasteiger partial charge in [-0.1, -0.05) is 35.9 Å². The van der Waals surface area contributed by atoms with Gasteiger partial charge in [-0.05, 0) is 41.5 Å². The number of aromatic nitrogens is 2. The third-order valence-electron chi connectivity index (χ3n) is 4.93. The summed E-state index contributed by atoms with van der Waals surface area (Å²) in [6.45, 7) is 1.64. The Morgan fingerprint density at radius 2 is 1.87 bits per heavy atom. The molecular formula is C24H23ClFN3O2. The highest BCUT2D eigenvalue weighted by Gasteiger charge is 2.11. The third-order valence-corrected chi connectivity index (χ3v) is 5.28. The normalized spacial score (nSPS) is 11.1. The Kier molecular flexibility index (Phi) is 6.70. The van der Waals surface area contributed by atoms with E-state index in [9.17, 15) is 4.39 Å². The van der Waals surface area contributed by atoms with Crippen LogP contribution in [0, 0.1) is 5.82 Å². The van der Waals surface area contributed by atoms with Crippen molar-refractivity contribution in [2.45, 2.75) is 19.6 Å². The summed E-state index contributed by atoms with van der Waals surface area (Å²) in [6.07, 6.45) is 0.780. The van der Waals surface area contributed by atoms with E-state index in [2.05, 4.69) is 15.3 Å². The number of imidazole rings is 1. The van der Waals surface area contributed by atoms with E-state index in [0.717, 1.165) is 41.0 Å². The van der Waals surface area contributed by atoms with Crippen LogP contribution in [0.4, 0.5) is 4.39 Å². The van der Waals surface area contributed by atoms with Crippen molar-refractivity contribution in [3.63, 3.8) is 0 Å². The molecule has 3 aromatic carbocycles. The summed E-state index contributed by atoms with van der Waals surface area (Å²) in [5, 5.41) is 3.98. The summed E-state index contributed by atoms with van der Waals surface area (Å²) in [5.41, 5.74) is 3.79. The number of benzene rings is 3. The van der Waals surface area contributed by atoms with Crippen molar-refractivity contribution in [1.82, 2.24) is 15.3 Å². The zero-order chi connectivity index (χ0) is 21.6. The van der Waals surface area contributed by atoms with Gasteiger partial charge in [-0.3, -0.25) is 0 Å². The second-order valence-electron chi connectivity index (χ2n) is 7.14. The highest BCUT2D eigenvalue weighted by Crippen LogP contribution is 2.34. The number of hydrogen-bond acceptors (Lipinski definition) is 4. The molecular weight excluding hydrogens is 417 g/mol. The SMILES string of the molecule is COc1cc(CNCCc2nc3ccccc3[nH]2)c(Cl)cc1OCc1ccc(F)cc1. The van der Waals surface area contributed by atoms with E-state index in [4.69, 9.17) is 21.1 Å². The van der Waals surface area contributed by atoms with Gasteiger partial charge in [0.2, 0.25) is 0 Å². The molecule has 0 aliphatic rings. The van der Waals surface area contributed by atoms with Crippen LogP contribution in [0.2, 0.25) is 5.02 Å². The van der Waals surface area contributed by atoms with Crippen LogP contribution in [0.1, 0.15) is 17.0 Å². The van der Waals surface area contributed by atoms with E-state index < -0.39 is 0 Å². The number of ether oxygens (including phenoxy) is 2. The molecule has 0 fully saturated rings. The first-order valence-corrected chi connectivity index (χ1v) is 10.4. The van der Waals surface area contributed by atoms with Gasteiger partial charge in [0.1, 0.15) is 18.2 Å². The van der Waals surface area contributed by atoms with Gasteiger partial charge in [-0.25, -0.2) is 9.37 Å². The van der Waals surface area contributed by atoms with Crippen LogP contribution in [0.5, 0.6) is 11.5 Å². The number of para-hydroxylation sites is 2. The fourth-order valence-corrected chi connectivity index (χ4v) is 3.50. The van der Waals surface area contributed by atoms with E-state index >= 15 is 0 Å². The number of aromatic amines is 1. The van der Waals surface area contributed by atoms with Crippen LogP contribution in [-0.2, 0) is 19.6 Å². The average molecular weight is 440 g/mol. The molecule has 4 aromatic rings. The second kappa shape index (κ2) is 9.81. The number of H-pyrrole nitrogens is 1. The van der Waals surface area contributed by atoms with Gasteiger partial charge >= 0.3 is 0 Å². The molecule has 2 N–H and O–H groups in total. The minimum atomic E-state index is -0.276. The average Bonchev–Trinajstić information content (AvgIpc) is 3.20. The Morgan fingerprint density at radius 1 is 1.06 bits per heavy atom. The minimum absolute atomic E-state index is 0.276. The molecule has 0 amide bonds. The van der Waals surface area contributed by atoms with Crippen molar-refractivity contribution in [3.8, 4) is 11.5 Å². The van der Waals surface area contributed by atoms with Crippen molar-refractivity contribution in [2.24, 2.45) is 0 Å². The smallest absolute Gasteiger partial charge is 0.163 e. The van der Waals surface area contributed by atoms with Crippen molar-refractivity contribution >= 4 is 22.6 Å². The first kappa shape index (κ1) is 21.2. The molecule has 31 heavy (non-hydrogen) atoms. The van der Waals surface area contributed by atoms with Crippen molar-refractivity contribution in [3.05, 3.63) is 88.5 Å². The zero-order valence-electron chi connectivity index (χ0n) is 17.1. The molecule has 0 saturated carbocycles. The third kappa shape index (κ3) is 5.34. The molecule has 1 aromatic heterocycles. The maximum absolute atomic E-state index is 13.0. The summed E-state index contributed by atoms with van der Waals surface area (Å²) in [5.74, 6) is 1.81. The lowest BCUT2D eigenvalue weighted by molar-refractivity contribution is 0.284. The van der Waals surface area contributed by atoms with Gasteiger partial charge in [0.05, 0.1) is 18.1 Å². The number of nitrogens with one attached hydrogen (secondary N) is 2. The van der Waals surface area contributed by atoms with Crippen LogP contribution in [0.3, 0.4) is 0 Å². The molecule has 160 valence electrons. The van der Waals surface area contributed by atoms with Crippen LogP contribution in [0.15, 0.2) is 60.7 Å². The van der Waals surface area contributed by atoms with Gasteiger partial charge in [0.25, 0.3) is 0 Å². The zero-order valence-corrected chi connectivity index (χ0v) is 17.9. The Hall–Kier alpha value is -3.09. The van der Waals surface area contributed by atoms with Crippen LogP contribution in [0.25, 0.3) is 11.0 Å². The van der Waals surface area contributed by atoms with Gasteiger partial charge in [0.15, 0.2) is 11.5 Å². The summed E-state index contributed by atoms with van der Waals surface area (Å²) < 4.78 is 24.4. The predicted molar refractivity (Wildman–Crippen MR) is 120 cm³/mol. The molecule has 0 bridgehead atoms. The Bertz CT molecular complexity index is 1130. The molecule has 1 heterocycles. The highest BCUT2D eigenvalue weighted by atomic mass is 35.5. The summed E-state index contributed by atoms with van der Waals surface area (Å²) in [4.78, 5) is 7.91. The van der Waals surface area contributed by atoms with E-state index in [-0.39, 0.29) is 5.82 Å². The Labute approximate surface area is 185 Å². The van der Waals surface area contributed by atoms with Gasteiger partial charge in [-0.15, -0.1) is 0 Å². The molecule has 0 atom stereocenters. The summed E-state index contributed by atoms with van der Waals surface area (Å²) in [7, 11) is 1.59. The van der Waals surface area contributed by atoms with Crippen LogP contribution >= 0.6 is 11.6 Å². The number of rotatable bonds is 9. The molecule has 7 heteroatoms. The van der Waals surface area contributed by atoms with Gasteiger partial charge < -0.3 is 19.8 Å². The quantitative estimate of drug-likeness (QED) is 0.348. The minimum Gasteiger partial charge on any atom is -0.493 e. The molecule has 0 aliphatic carbocycles. The first-order valence-electron chi connectivity index (χ1n) is 10.0. The standard InChI is InChI=1S/C24H23ClFN3O2/c1-30-22-12-17(14-27-11-10-24-28-20-4-2-3-5-21(20)29-24)19(25)13-23(22)31-15-16-6-8-18(26)9-7-16/h2-9,12-13,27H,10-11,14-15H2,1H3,(H,28,29). The van der Waals surface area contributed by atoms with Crippen molar-refractivity contribution in [2.75, 3.05) is 13.7 Å². The maximum Gasteiger partial charge on any atom is 0.163 e. The largest absolute Gasteiger partial charge is 0.493 e. The fraction of sp³-hybridized carbons (Fsp3) is 0.208. The molecule has 0 aliphatic heterocycles. The van der Waals surface area contributed by atoms with E-state index in [1.807, 2.05) is 30.3 Å². The van der Waals surface area contributed by atoms with Gasteiger partial charge in [0, 0.05) is 30.6 Å². The van der Waals surface area contributed by atoms with Crippen molar-refractivity contribution < 1.29 is 13.9 Å². The van der Waals surface area contributed by atoms with Gasteiger partial charge in [-0.2, -0.15) is 0 Å². The lowest BCUT2D eigenvalue weighted by Crippen LogP contribution is -2.17. The van der Waals surface area contributed by atoms with Crippen LogP contribution in [-0.4, -0.2) is 23.6 Å². The first-order chi connectivity index (χ1) is 15.1. The summed E-state index contributed by atoms with van der Waals surface area (Å²) >= 11 is 6.47. The number of nitrogens with zero attached hydrogens (tertiary/aromatic N) is 1. The summed E-state index contributed by atoms with van der Waals surface area (Å²) in [6, 6.07) is 17.8. The highest BCUT2D eigenvalue weighted by molar-refractivity contribution is 6.31. The monoisotopic (exact) mass is 439 g/mol. The Morgan fingerprint density at radius 3 is 2.65 bits per heavy atom. The Balaban J connectivity index is 1.34. The number of hydrogen-bond donors (Lipinski definition) is 2.